The Labute approximate surface area is 149 Å². The van der Waals surface area contributed by atoms with Gasteiger partial charge >= 0.3 is 0 Å². The SMILES string of the molecule is CNCCC(=O)NCCc1nccn1Cc1ccccc1.Cl.Cl. The first-order chi connectivity index (χ1) is 10.3. The molecule has 128 valence electrons. The van der Waals surface area contributed by atoms with Crippen LogP contribution in [0.3, 0.4) is 0 Å². The van der Waals surface area contributed by atoms with Crippen molar-refractivity contribution in [1.82, 2.24) is 20.2 Å². The topological polar surface area (TPSA) is 59.0 Å². The van der Waals surface area contributed by atoms with E-state index < -0.39 is 0 Å². The number of hydrogen-bond acceptors (Lipinski definition) is 3. The molecule has 2 aromatic rings. The monoisotopic (exact) mass is 358 g/mol. The highest BCUT2D eigenvalue weighted by Gasteiger charge is 2.05. The van der Waals surface area contributed by atoms with Gasteiger partial charge < -0.3 is 15.2 Å². The van der Waals surface area contributed by atoms with Crippen molar-refractivity contribution >= 4 is 30.7 Å². The number of nitrogens with zero attached hydrogens (tertiary/aromatic N) is 2. The van der Waals surface area contributed by atoms with E-state index in [0.717, 1.165) is 18.8 Å². The molecule has 2 N–H and O–H groups in total. The van der Waals surface area contributed by atoms with Crippen LogP contribution < -0.4 is 10.6 Å². The first-order valence-electron chi connectivity index (χ1n) is 7.25. The maximum Gasteiger partial charge on any atom is 0.221 e. The summed E-state index contributed by atoms with van der Waals surface area (Å²) in [5, 5.41) is 5.88. The van der Waals surface area contributed by atoms with E-state index in [2.05, 4.69) is 32.3 Å². The number of aromatic nitrogens is 2. The van der Waals surface area contributed by atoms with Crippen molar-refractivity contribution in [3.05, 3.63) is 54.1 Å². The molecule has 1 aromatic heterocycles. The molecular weight excluding hydrogens is 335 g/mol. The van der Waals surface area contributed by atoms with Gasteiger partial charge in [0.1, 0.15) is 5.82 Å². The van der Waals surface area contributed by atoms with Gasteiger partial charge in [0.25, 0.3) is 0 Å². The molecule has 0 spiro atoms. The molecule has 0 atom stereocenters. The van der Waals surface area contributed by atoms with E-state index in [-0.39, 0.29) is 30.7 Å². The molecule has 0 saturated carbocycles. The van der Waals surface area contributed by atoms with Gasteiger partial charge in [-0.25, -0.2) is 4.98 Å². The fraction of sp³-hybridized carbons (Fsp3) is 0.375. The Morgan fingerprint density at radius 1 is 1.17 bits per heavy atom. The first kappa shape index (κ1) is 21.4. The van der Waals surface area contributed by atoms with Crippen molar-refractivity contribution < 1.29 is 4.79 Å². The van der Waals surface area contributed by atoms with Gasteiger partial charge in [-0.1, -0.05) is 30.3 Å². The summed E-state index contributed by atoms with van der Waals surface area (Å²) in [5.41, 5.74) is 1.25. The zero-order valence-electron chi connectivity index (χ0n) is 13.2. The molecule has 0 aliphatic heterocycles. The van der Waals surface area contributed by atoms with Crippen LogP contribution in [0.15, 0.2) is 42.7 Å². The van der Waals surface area contributed by atoms with Crippen molar-refractivity contribution in [3.8, 4) is 0 Å². The van der Waals surface area contributed by atoms with Crippen LogP contribution in [0.25, 0.3) is 0 Å². The summed E-state index contributed by atoms with van der Waals surface area (Å²) in [7, 11) is 1.84. The minimum absolute atomic E-state index is 0. The van der Waals surface area contributed by atoms with E-state index in [1.807, 2.05) is 31.4 Å². The molecule has 1 heterocycles. The van der Waals surface area contributed by atoms with Crippen LogP contribution in [0.4, 0.5) is 0 Å². The molecular formula is C16H24Cl2N4O. The highest BCUT2D eigenvalue weighted by Crippen LogP contribution is 2.05. The molecule has 0 bridgehead atoms. The van der Waals surface area contributed by atoms with Crippen LogP contribution in [0.1, 0.15) is 17.8 Å². The number of halogens is 2. The van der Waals surface area contributed by atoms with E-state index in [4.69, 9.17) is 0 Å². The Kier molecular flexibility index (Phi) is 11.1. The van der Waals surface area contributed by atoms with Crippen molar-refractivity contribution in [2.45, 2.75) is 19.4 Å². The quantitative estimate of drug-likeness (QED) is 0.759. The lowest BCUT2D eigenvalue weighted by molar-refractivity contribution is -0.120. The van der Waals surface area contributed by atoms with Crippen molar-refractivity contribution in [2.24, 2.45) is 0 Å². The third-order valence-electron chi connectivity index (χ3n) is 3.27. The Morgan fingerprint density at radius 2 is 1.91 bits per heavy atom. The largest absolute Gasteiger partial charge is 0.356 e. The second-order valence-corrected chi connectivity index (χ2v) is 4.91. The first-order valence-corrected chi connectivity index (χ1v) is 7.25. The number of nitrogens with one attached hydrogen (secondary N) is 2. The molecule has 23 heavy (non-hydrogen) atoms. The van der Waals surface area contributed by atoms with Crippen LogP contribution in [0, 0.1) is 0 Å². The number of amides is 1. The summed E-state index contributed by atoms with van der Waals surface area (Å²) in [6.45, 7) is 2.13. The molecule has 7 heteroatoms. The van der Waals surface area contributed by atoms with Crippen LogP contribution in [-0.2, 0) is 17.8 Å². The predicted molar refractivity (Wildman–Crippen MR) is 97.5 cm³/mol. The Bertz CT molecular complexity index is 560. The van der Waals surface area contributed by atoms with Crippen LogP contribution in [-0.4, -0.2) is 35.6 Å². The van der Waals surface area contributed by atoms with Crippen molar-refractivity contribution in [3.63, 3.8) is 0 Å². The molecule has 0 unspecified atom stereocenters. The molecule has 0 saturated heterocycles. The van der Waals surface area contributed by atoms with E-state index in [1.165, 1.54) is 5.56 Å². The summed E-state index contributed by atoms with van der Waals surface area (Å²) in [5.74, 6) is 1.07. The third kappa shape index (κ3) is 7.50. The molecule has 0 aliphatic carbocycles. The highest BCUT2D eigenvalue weighted by atomic mass is 35.5. The Hall–Kier alpha value is -1.56. The predicted octanol–water partition coefficient (Wildman–Crippen LogP) is 2.04. The maximum absolute atomic E-state index is 11.5. The van der Waals surface area contributed by atoms with Gasteiger partial charge in [0, 0.05) is 44.9 Å². The average molecular weight is 359 g/mol. The van der Waals surface area contributed by atoms with E-state index >= 15 is 0 Å². The molecule has 1 aromatic carbocycles. The molecule has 1 amide bonds. The summed E-state index contributed by atoms with van der Waals surface area (Å²) in [4.78, 5) is 15.9. The summed E-state index contributed by atoms with van der Waals surface area (Å²) in [6.07, 6.45) is 5.03. The molecule has 2 rings (SSSR count). The number of hydrogen-bond donors (Lipinski definition) is 2. The summed E-state index contributed by atoms with van der Waals surface area (Å²) < 4.78 is 2.12. The number of carbonyl (C=O) groups is 1. The number of carbonyl (C=O) groups excluding carboxylic acids is 1. The fourth-order valence-electron chi connectivity index (χ4n) is 2.13. The molecule has 0 radical (unpaired) electrons. The van der Waals surface area contributed by atoms with Crippen LogP contribution in [0.5, 0.6) is 0 Å². The van der Waals surface area contributed by atoms with Gasteiger partial charge in [0.15, 0.2) is 0 Å². The number of imidazole rings is 1. The number of benzene rings is 1. The third-order valence-corrected chi connectivity index (χ3v) is 3.27. The van der Waals surface area contributed by atoms with Crippen molar-refractivity contribution in [2.75, 3.05) is 20.1 Å². The fourth-order valence-corrected chi connectivity index (χ4v) is 2.13. The standard InChI is InChI=1S/C16H22N4O.2ClH/c1-17-9-8-16(21)19-10-7-15-18-11-12-20(15)13-14-5-3-2-4-6-14;;/h2-6,11-12,17H,7-10,13H2,1H3,(H,19,21);2*1H. The molecule has 0 aliphatic rings. The highest BCUT2D eigenvalue weighted by molar-refractivity contribution is 5.85. The number of rotatable bonds is 8. The Morgan fingerprint density at radius 3 is 2.61 bits per heavy atom. The lowest BCUT2D eigenvalue weighted by atomic mass is 10.2. The van der Waals surface area contributed by atoms with Gasteiger partial charge in [0.05, 0.1) is 0 Å². The van der Waals surface area contributed by atoms with E-state index in [1.54, 1.807) is 6.20 Å². The minimum atomic E-state index is 0. The smallest absolute Gasteiger partial charge is 0.221 e. The van der Waals surface area contributed by atoms with E-state index in [0.29, 0.717) is 19.5 Å². The van der Waals surface area contributed by atoms with Crippen LogP contribution in [0.2, 0.25) is 0 Å². The lowest BCUT2D eigenvalue weighted by Crippen LogP contribution is -2.28. The van der Waals surface area contributed by atoms with Gasteiger partial charge in [-0.15, -0.1) is 24.8 Å². The summed E-state index contributed by atoms with van der Waals surface area (Å²) >= 11 is 0. The second-order valence-electron chi connectivity index (χ2n) is 4.91. The maximum atomic E-state index is 11.5. The van der Waals surface area contributed by atoms with E-state index in [9.17, 15) is 4.79 Å². The van der Waals surface area contributed by atoms with Gasteiger partial charge in [0.2, 0.25) is 5.91 Å². The summed E-state index contributed by atoms with van der Waals surface area (Å²) in [6, 6.07) is 10.3. The zero-order valence-corrected chi connectivity index (χ0v) is 14.8. The molecule has 5 nitrogen and oxygen atoms in total. The minimum Gasteiger partial charge on any atom is -0.356 e. The molecule has 0 fully saturated rings. The average Bonchev–Trinajstić information content (AvgIpc) is 2.93. The van der Waals surface area contributed by atoms with Crippen molar-refractivity contribution in [1.29, 1.82) is 0 Å². The van der Waals surface area contributed by atoms with Gasteiger partial charge in [-0.2, -0.15) is 0 Å². The van der Waals surface area contributed by atoms with Gasteiger partial charge in [-0.3, -0.25) is 4.79 Å². The second kappa shape index (κ2) is 11.9. The van der Waals surface area contributed by atoms with Crippen LogP contribution >= 0.6 is 24.8 Å². The Balaban J connectivity index is 0.00000242. The normalized spacial score (nSPS) is 9.61. The lowest BCUT2D eigenvalue weighted by Gasteiger charge is -2.09. The zero-order chi connectivity index (χ0) is 14.9. The van der Waals surface area contributed by atoms with Gasteiger partial charge in [-0.05, 0) is 12.6 Å².